The minimum atomic E-state index is -0.845. The molecule has 0 radical (unpaired) electrons. The summed E-state index contributed by atoms with van der Waals surface area (Å²) >= 11 is 0. The summed E-state index contributed by atoms with van der Waals surface area (Å²) in [7, 11) is 1.55. The third-order valence-corrected chi connectivity index (χ3v) is 4.31. The average Bonchev–Trinajstić information content (AvgIpc) is 2.82. The fraction of sp³-hybridized carbons (Fsp3) is 0.125. The molecule has 31 heavy (non-hydrogen) atoms. The lowest BCUT2D eigenvalue weighted by atomic mass is 10.2. The molecule has 158 valence electrons. The maximum absolute atomic E-state index is 11.9. The van der Waals surface area contributed by atoms with Gasteiger partial charge in [-0.25, -0.2) is 5.43 Å². The van der Waals surface area contributed by atoms with Crippen LogP contribution in [0.25, 0.3) is 0 Å². The summed E-state index contributed by atoms with van der Waals surface area (Å²) in [6.45, 7) is 0.678. The summed E-state index contributed by atoms with van der Waals surface area (Å²) in [5.41, 5.74) is 4.83. The van der Waals surface area contributed by atoms with Crippen LogP contribution in [0.5, 0.6) is 11.5 Å². The molecule has 3 rings (SSSR count). The molecule has 0 aliphatic rings. The Kier molecular flexibility index (Phi) is 7.77. The van der Waals surface area contributed by atoms with E-state index in [0.717, 1.165) is 11.1 Å². The van der Waals surface area contributed by atoms with Gasteiger partial charge in [0.15, 0.2) is 11.5 Å². The third-order valence-electron chi connectivity index (χ3n) is 4.31. The molecule has 7 nitrogen and oxygen atoms in total. The summed E-state index contributed by atoms with van der Waals surface area (Å²) in [5, 5.41) is 6.37. The first-order valence-electron chi connectivity index (χ1n) is 9.65. The van der Waals surface area contributed by atoms with Crippen LogP contribution in [0.1, 0.15) is 16.7 Å². The molecule has 2 amide bonds. The largest absolute Gasteiger partial charge is 0.493 e. The van der Waals surface area contributed by atoms with E-state index in [2.05, 4.69) is 15.8 Å². The number of ether oxygens (including phenoxy) is 2. The number of amides is 2. The fourth-order valence-electron chi connectivity index (χ4n) is 2.69. The molecule has 0 unspecified atom stereocenters. The first-order valence-corrected chi connectivity index (χ1v) is 9.65. The zero-order valence-corrected chi connectivity index (χ0v) is 17.1. The van der Waals surface area contributed by atoms with Gasteiger partial charge in [-0.1, -0.05) is 60.7 Å². The smallest absolute Gasteiger partial charge is 0.329 e. The number of carbonyl (C=O) groups excluding carboxylic acids is 2. The summed E-state index contributed by atoms with van der Waals surface area (Å²) in [6, 6.07) is 24.4. The molecular weight excluding hydrogens is 394 g/mol. The second-order valence-corrected chi connectivity index (χ2v) is 6.55. The molecule has 0 atom stereocenters. The highest BCUT2D eigenvalue weighted by molar-refractivity contribution is 6.35. The van der Waals surface area contributed by atoms with E-state index >= 15 is 0 Å². The van der Waals surface area contributed by atoms with Crippen molar-refractivity contribution in [1.82, 2.24) is 10.7 Å². The van der Waals surface area contributed by atoms with E-state index in [9.17, 15) is 9.59 Å². The van der Waals surface area contributed by atoms with Crippen molar-refractivity contribution in [2.75, 3.05) is 7.11 Å². The van der Waals surface area contributed by atoms with Gasteiger partial charge < -0.3 is 14.8 Å². The molecule has 0 heterocycles. The highest BCUT2D eigenvalue weighted by Gasteiger charge is 2.12. The Morgan fingerprint density at radius 2 is 1.55 bits per heavy atom. The predicted molar refractivity (Wildman–Crippen MR) is 118 cm³/mol. The highest BCUT2D eigenvalue weighted by atomic mass is 16.5. The van der Waals surface area contributed by atoms with Crippen LogP contribution in [0, 0.1) is 0 Å². The van der Waals surface area contributed by atoms with Crippen molar-refractivity contribution in [2.45, 2.75) is 13.2 Å². The molecule has 0 bridgehead atoms. The number of nitrogens with one attached hydrogen (secondary N) is 2. The SMILES string of the molecule is COc1cc(/C=N\NC(=O)C(=O)NCc2ccccc2)ccc1OCc1ccccc1. The number of hydrazone groups is 1. The third kappa shape index (κ3) is 6.71. The Morgan fingerprint density at radius 1 is 0.871 bits per heavy atom. The number of methoxy groups -OCH3 is 1. The van der Waals surface area contributed by atoms with Gasteiger partial charge in [0, 0.05) is 6.54 Å². The van der Waals surface area contributed by atoms with Gasteiger partial charge in [0.25, 0.3) is 0 Å². The van der Waals surface area contributed by atoms with Gasteiger partial charge in [-0.3, -0.25) is 9.59 Å². The summed E-state index contributed by atoms with van der Waals surface area (Å²) in [6.07, 6.45) is 1.42. The molecule has 0 fully saturated rings. The van der Waals surface area contributed by atoms with E-state index in [4.69, 9.17) is 9.47 Å². The zero-order valence-electron chi connectivity index (χ0n) is 17.1. The number of hydrogen-bond acceptors (Lipinski definition) is 5. The second kappa shape index (κ2) is 11.2. The van der Waals surface area contributed by atoms with E-state index in [1.54, 1.807) is 25.3 Å². The van der Waals surface area contributed by atoms with Gasteiger partial charge in [-0.15, -0.1) is 0 Å². The van der Waals surface area contributed by atoms with Crippen molar-refractivity contribution >= 4 is 18.0 Å². The first kappa shape index (κ1) is 21.6. The van der Waals surface area contributed by atoms with Crippen LogP contribution in [0.4, 0.5) is 0 Å². The minimum absolute atomic E-state index is 0.262. The van der Waals surface area contributed by atoms with E-state index in [0.29, 0.717) is 23.7 Å². The monoisotopic (exact) mass is 417 g/mol. The van der Waals surface area contributed by atoms with Crippen LogP contribution in [-0.4, -0.2) is 25.1 Å². The van der Waals surface area contributed by atoms with Crippen LogP contribution >= 0.6 is 0 Å². The van der Waals surface area contributed by atoms with Crippen molar-refractivity contribution in [1.29, 1.82) is 0 Å². The Balaban J connectivity index is 1.51. The number of benzene rings is 3. The lowest BCUT2D eigenvalue weighted by Crippen LogP contribution is -2.37. The summed E-state index contributed by atoms with van der Waals surface area (Å²) in [5.74, 6) is -0.482. The molecular formula is C24H23N3O4. The van der Waals surface area contributed by atoms with Gasteiger partial charge in [0.1, 0.15) is 6.61 Å². The van der Waals surface area contributed by atoms with Crippen molar-refractivity contribution in [2.24, 2.45) is 5.10 Å². The Labute approximate surface area is 180 Å². The van der Waals surface area contributed by atoms with Crippen molar-refractivity contribution in [3.8, 4) is 11.5 Å². The first-order chi connectivity index (χ1) is 15.2. The van der Waals surface area contributed by atoms with E-state index in [1.807, 2.05) is 60.7 Å². The van der Waals surface area contributed by atoms with E-state index in [-0.39, 0.29) is 6.54 Å². The number of rotatable bonds is 8. The van der Waals surface area contributed by atoms with Crippen LogP contribution in [0.2, 0.25) is 0 Å². The number of hydrogen-bond donors (Lipinski definition) is 2. The normalized spacial score (nSPS) is 10.5. The molecule has 2 N–H and O–H groups in total. The lowest BCUT2D eigenvalue weighted by Gasteiger charge is -2.11. The Hall–Kier alpha value is -4.13. The highest BCUT2D eigenvalue weighted by Crippen LogP contribution is 2.28. The van der Waals surface area contributed by atoms with Gasteiger partial charge in [0.2, 0.25) is 0 Å². The molecule has 0 saturated carbocycles. The average molecular weight is 417 g/mol. The fourth-order valence-corrected chi connectivity index (χ4v) is 2.69. The van der Waals surface area contributed by atoms with Crippen LogP contribution in [0.3, 0.4) is 0 Å². The molecule has 0 aromatic heterocycles. The van der Waals surface area contributed by atoms with E-state index in [1.165, 1.54) is 6.21 Å². The Morgan fingerprint density at radius 3 is 2.23 bits per heavy atom. The molecule has 3 aromatic rings. The standard InChI is InChI=1S/C24H23N3O4/c1-30-22-14-20(12-13-21(22)31-17-19-10-6-3-7-11-19)16-26-27-24(29)23(28)25-15-18-8-4-2-5-9-18/h2-14,16H,15,17H2,1H3,(H,25,28)(H,27,29)/b26-16-. The zero-order chi connectivity index (χ0) is 21.9. The topological polar surface area (TPSA) is 89.0 Å². The number of nitrogens with zero attached hydrogens (tertiary/aromatic N) is 1. The van der Waals surface area contributed by atoms with Crippen molar-refractivity contribution < 1.29 is 19.1 Å². The predicted octanol–water partition coefficient (Wildman–Crippen LogP) is 3.04. The van der Waals surface area contributed by atoms with Crippen LogP contribution in [-0.2, 0) is 22.7 Å². The van der Waals surface area contributed by atoms with Crippen LogP contribution in [0.15, 0.2) is 84.0 Å². The van der Waals surface area contributed by atoms with Crippen molar-refractivity contribution in [3.05, 3.63) is 95.6 Å². The summed E-state index contributed by atoms with van der Waals surface area (Å²) < 4.78 is 11.2. The van der Waals surface area contributed by atoms with Crippen molar-refractivity contribution in [3.63, 3.8) is 0 Å². The molecule has 0 aliphatic carbocycles. The molecule has 3 aromatic carbocycles. The molecule has 0 aliphatic heterocycles. The quantitative estimate of drug-likeness (QED) is 0.335. The number of carbonyl (C=O) groups is 2. The van der Waals surface area contributed by atoms with Gasteiger partial charge in [-0.05, 0) is 34.9 Å². The van der Waals surface area contributed by atoms with Gasteiger partial charge in [0.05, 0.1) is 13.3 Å². The molecule has 0 saturated heterocycles. The molecule has 0 spiro atoms. The minimum Gasteiger partial charge on any atom is -0.493 e. The maximum atomic E-state index is 11.9. The second-order valence-electron chi connectivity index (χ2n) is 6.55. The lowest BCUT2D eigenvalue weighted by molar-refractivity contribution is -0.139. The Bertz CT molecular complexity index is 1040. The van der Waals surface area contributed by atoms with E-state index < -0.39 is 11.8 Å². The van der Waals surface area contributed by atoms with Gasteiger partial charge in [-0.2, -0.15) is 5.10 Å². The maximum Gasteiger partial charge on any atom is 0.329 e. The van der Waals surface area contributed by atoms with Crippen LogP contribution < -0.4 is 20.2 Å². The summed E-state index contributed by atoms with van der Waals surface area (Å²) in [4.78, 5) is 23.7. The molecule has 7 heteroatoms. The van der Waals surface area contributed by atoms with Gasteiger partial charge >= 0.3 is 11.8 Å².